The number of anilines is 2. The molecule has 1 heterocycles. The van der Waals surface area contributed by atoms with Crippen LogP contribution in [0, 0.1) is 10.1 Å². The molecule has 7 nitrogen and oxygen atoms in total. The number of amides is 1. The van der Waals surface area contributed by atoms with Crippen molar-refractivity contribution in [3.63, 3.8) is 0 Å². The van der Waals surface area contributed by atoms with Gasteiger partial charge in [0, 0.05) is 48.9 Å². The van der Waals surface area contributed by atoms with E-state index in [1.165, 1.54) is 18.2 Å². The number of nitrogens with one attached hydrogen (secondary N) is 1. The van der Waals surface area contributed by atoms with Crippen LogP contribution in [0.4, 0.5) is 17.1 Å². The molecule has 1 amide bonds. The zero-order chi connectivity index (χ0) is 19.4. The summed E-state index contributed by atoms with van der Waals surface area (Å²) in [4.78, 5) is 27.6. The Labute approximate surface area is 162 Å². The van der Waals surface area contributed by atoms with Gasteiger partial charge in [0.1, 0.15) is 0 Å². The summed E-state index contributed by atoms with van der Waals surface area (Å²) >= 11 is 6.13. The first-order chi connectivity index (χ1) is 13.0. The molecule has 8 heteroatoms. The Morgan fingerprint density at radius 1 is 1.19 bits per heavy atom. The third-order valence-electron chi connectivity index (χ3n) is 4.69. The Kier molecular flexibility index (Phi) is 5.93. The highest BCUT2D eigenvalue weighted by Gasteiger charge is 2.20. The van der Waals surface area contributed by atoms with E-state index in [2.05, 4.69) is 22.0 Å². The van der Waals surface area contributed by atoms with Crippen LogP contribution in [0.25, 0.3) is 0 Å². The summed E-state index contributed by atoms with van der Waals surface area (Å²) in [6, 6.07) is 11.1. The summed E-state index contributed by atoms with van der Waals surface area (Å²) in [5.41, 5.74) is 1.61. The van der Waals surface area contributed by atoms with Gasteiger partial charge in [0.05, 0.1) is 16.3 Å². The van der Waals surface area contributed by atoms with Gasteiger partial charge in [-0.3, -0.25) is 14.9 Å². The SMILES string of the molecule is CCN1CCN(c2ccc(Cl)cc2NC(=O)c2cccc([N+](=O)[O-])c2)CC1. The van der Waals surface area contributed by atoms with Crippen LogP contribution < -0.4 is 10.2 Å². The molecule has 0 saturated carbocycles. The smallest absolute Gasteiger partial charge is 0.270 e. The minimum absolute atomic E-state index is 0.121. The number of halogens is 1. The fourth-order valence-corrected chi connectivity index (χ4v) is 3.32. The molecule has 1 saturated heterocycles. The maximum Gasteiger partial charge on any atom is 0.270 e. The molecule has 2 aromatic carbocycles. The number of carbonyl (C=O) groups is 1. The monoisotopic (exact) mass is 388 g/mol. The summed E-state index contributed by atoms with van der Waals surface area (Å²) < 4.78 is 0. The second-order valence-electron chi connectivity index (χ2n) is 6.34. The minimum atomic E-state index is -0.519. The van der Waals surface area contributed by atoms with E-state index in [1.54, 1.807) is 18.2 Å². The topological polar surface area (TPSA) is 78.7 Å². The Morgan fingerprint density at radius 2 is 1.93 bits per heavy atom. The summed E-state index contributed by atoms with van der Waals surface area (Å²) in [7, 11) is 0. The summed E-state index contributed by atoms with van der Waals surface area (Å²) in [6.07, 6.45) is 0. The van der Waals surface area contributed by atoms with E-state index >= 15 is 0 Å². The van der Waals surface area contributed by atoms with E-state index in [1.807, 2.05) is 6.07 Å². The fourth-order valence-electron chi connectivity index (χ4n) is 3.14. The molecule has 0 atom stereocenters. The standard InChI is InChI=1S/C19H21ClN4O3/c1-2-22-8-10-23(11-9-22)18-7-6-15(20)13-17(18)21-19(25)14-4-3-5-16(12-14)24(26)27/h3-7,12-13H,2,8-11H2,1H3,(H,21,25). The lowest BCUT2D eigenvalue weighted by atomic mass is 10.1. The van der Waals surface area contributed by atoms with E-state index in [9.17, 15) is 14.9 Å². The molecular weight excluding hydrogens is 368 g/mol. The lowest BCUT2D eigenvalue weighted by Gasteiger charge is -2.36. The predicted octanol–water partition coefficient (Wildman–Crippen LogP) is 3.64. The highest BCUT2D eigenvalue weighted by atomic mass is 35.5. The molecule has 1 aliphatic heterocycles. The van der Waals surface area contributed by atoms with Crippen LogP contribution in [-0.2, 0) is 0 Å². The number of nitrogens with zero attached hydrogens (tertiary/aromatic N) is 3. The van der Waals surface area contributed by atoms with Crippen molar-refractivity contribution in [1.82, 2.24) is 4.90 Å². The number of benzene rings is 2. The molecule has 0 unspecified atom stereocenters. The van der Waals surface area contributed by atoms with Gasteiger partial charge in [0.25, 0.3) is 11.6 Å². The zero-order valence-electron chi connectivity index (χ0n) is 15.0. The summed E-state index contributed by atoms with van der Waals surface area (Å²) in [5.74, 6) is -0.408. The van der Waals surface area contributed by atoms with E-state index in [-0.39, 0.29) is 11.3 Å². The number of nitro groups is 1. The van der Waals surface area contributed by atoms with Crippen LogP contribution >= 0.6 is 11.6 Å². The number of nitro benzene ring substituents is 1. The van der Waals surface area contributed by atoms with E-state index in [0.29, 0.717) is 10.7 Å². The first kappa shape index (κ1) is 19.1. The van der Waals surface area contributed by atoms with Gasteiger partial charge in [0.2, 0.25) is 0 Å². The molecule has 27 heavy (non-hydrogen) atoms. The third kappa shape index (κ3) is 4.56. The molecule has 1 fully saturated rings. The minimum Gasteiger partial charge on any atom is -0.367 e. The second kappa shape index (κ2) is 8.37. The highest BCUT2D eigenvalue weighted by Crippen LogP contribution is 2.30. The first-order valence-electron chi connectivity index (χ1n) is 8.80. The predicted molar refractivity (Wildman–Crippen MR) is 107 cm³/mol. The quantitative estimate of drug-likeness (QED) is 0.624. The third-order valence-corrected chi connectivity index (χ3v) is 4.92. The number of likely N-dealkylation sites (N-methyl/N-ethyl adjacent to an activating group) is 1. The van der Waals surface area contributed by atoms with Gasteiger partial charge in [0.15, 0.2) is 0 Å². The number of piperazine rings is 1. The molecule has 1 N–H and O–H groups in total. The molecule has 0 aliphatic carbocycles. The normalized spacial score (nSPS) is 14.8. The van der Waals surface area contributed by atoms with Gasteiger partial charge in [-0.05, 0) is 30.8 Å². The molecule has 2 aromatic rings. The first-order valence-corrected chi connectivity index (χ1v) is 9.18. The van der Waals surface area contributed by atoms with Crippen LogP contribution in [0.2, 0.25) is 5.02 Å². The number of rotatable bonds is 5. The lowest BCUT2D eigenvalue weighted by Crippen LogP contribution is -2.46. The fraction of sp³-hybridized carbons (Fsp3) is 0.316. The molecule has 142 valence electrons. The Bertz CT molecular complexity index is 851. The molecular formula is C19H21ClN4O3. The average Bonchev–Trinajstić information content (AvgIpc) is 2.68. The maximum atomic E-state index is 12.6. The highest BCUT2D eigenvalue weighted by molar-refractivity contribution is 6.31. The molecule has 0 aromatic heterocycles. The number of non-ortho nitro benzene ring substituents is 1. The van der Waals surface area contributed by atoms with Crippen molar-refractivity contribution >= 4 is 34.6 Å². The Morgan fingerprint density at radius 3 is 2.59 bits per heavy atom. The van der Waals surface area contributed by atoms with E-state index in [4.69, 9.17) is 11.6 Å². The number of hydrogen-bond donors (Lipinski definition) is 1. The molecule has 0 radical (unpaired) electrons. The van der Waals surface area contributed by atoms with Crippen molar-refractivity contribution in [1.29, 1.82) is 0 Å². The summed E-state index contributed by atoms with van der Waals surface area (Å²) in [5, 5.41) is 14.3. The number of carbonyl (C=O) groups excluding carboxylic acids is 1. The molecule has 0 spiro atoms. The van der Waals surface area contributed by atoms with Crippen molar-refractivity contribution in [3.05, 3.63) is 63.2 Å². The van der Waals surface area contributed by atoms with Crippen molar-refractivity contribution < 1.29 is 9.72 Å². The second-order valence-corrected chi connectivity index (χ2v) is 6.78. The average molecular weight is 389 g/mol. The van der Waals surface area contributed by atoms with Crippen LogP contribution in [0.15, 0.2) is 42.5 Å². The number of hydrogen-bond acceptors (Lipinski definition) is 5. The van der Waals surface area contributed by atoms with Crippen LogP contribution in [0.1, 0.15) is 17.3 Å². The van der Waals surface area contributed by atoms with E-state index < -0.39 is 10.8 Å². The van der Waals surface area contributed by atoms with Gasteiger partial charge < -0.3 is 15.1 Å². The van der Waals surface area contributed by atoms with Gasteiger partial charge in [-0.1, -0.05) is 24.6 Å². The van der Waals surface area contributed by atoms with Crippen LogP contribution in [-0.4, -0.2) is 48.5 Å². The molecule has 1 aliphatic rings. The van der Waals surface area contributed by atoms with Gasteiger partial charge in [-0.25, -0.2) is 0 Å². The Balaban J connectivity index is 1.82. The summed E-state index contributed by atoms with van der Waals surface area (Å²) in [6.45, 7) is 6.78. The van der Waals surface area contributed by atoms with Gasteiger partial charge >= 0.3 is 0 Å². The van der Waals surface area contributed by atoms with E-state index in [0.717, 1.165) is 38.4 Å². The molecule has 3 rings (SSSR count). The maximum absolute atomic E-state index is 12.6. The largest absolute Gasteiger partial charge is 0.367 e. The van der Waals surface area contributed by atoms with Crippen molar-refractivity contribution in [2.45, 2.75) is 6.92 Å². The van der Waals surface area contributed by atoms with Crippen molar-refractivity contribution in [3.8, 4) is 0 Å². The van der Waals surface area contributed by atoms with Gasteiger partial charge in [-0.2, -0.15) is 0 Å². The zero-order valence-corrected chi connectivity index (χ0v) is 15.8. The lowest BCUT2D eigenvalue weighted by molar-refractivity contribution is -0.384. The van der Waals surface area contributed by atoms with Crippen molar-refractivity contribution in [2.24, 2.45) is 0 Å². The Hall–Kier alpha value is -2.64. The van der Waals surface area contributed by atoms with Gasteiger partial charge in [-0.15, -0.1) is 0 Å². The van der Waals surface area contributed by atoms with Crippen LogP contribution in [0.5, 0.6) is 0 Å². The van der Waals surface area contributed by atoms with Crippen LogP contribution in [0.3, 0.4) is 0 Å². The molecule has 0 bridgehead atoms. The van der Waals surface area contributed by atoms with Crippen molar-refractivity contribution in [2.75, 3.05) is 42.9 Å².